The Balaban J connectivity index is 1.75. The highest BCUT2D eigenvalue weighted by atomic mass is 19.4. The van der Waals surface area contributed by atoms with Crippen molar-refractivity contribution in [2.75, 3.05) is 18.5 Å². The first-order chi connectivity index (χ1) is 13.9. The van der Waals surface area contributed by atoms with Gasteiger partial charge in [0, 0.05) is 12.4 Å². The molecule has 6 nitrogen and oxygen atoms in total. The molecule has 0 aliphatic rings. The molecule has 3 aromatic rings. The van der Waals surface area contributed by atoms with Gasteiger partial charge < -0.3 is 14.8 Å². The summed E-state index contributed by atoms with van der Waals surface area (Å²) in [6.45, 7) is 1.74. The van der Waals surface area contributed by atoms with Crippen LogP contribution < -0.4 is 14.8 Å². The molecule has 0 aliphatic carbocycles. The molecule has 1 amide bonds. The number of halogens is 3. The van der Waals surface area contributed by atoms with Crippen molar-refractivity contribution in [2.45, 2.75) is 13.1 Å². The second kappa shape index (κ2) is 8.68. The maximum atomic E-state index is 13.5. The predicted octanol–water partition coefficient (Wildman–Crippen LogP) is 4.31. The van der Waals surface area contributed by atoms with E-state index in [0.29, 0.717) is 18.1 Å². The molecule has 0 radical (unpaired) electrons. The maximum absolute atomic E-state index is 13.5. The van der Waals surface area contributed by atoms with Crippen LogP contribution in [-0.2, 0) is 11.0 Å². The molecule has 3 rings (SSSR count). The smallest absolute Gasteiger partial charge is 0.418 e. The molecule has 29 heavy (non-hydrogen) atoms. The predicted molar refractivity (Wildman–Crippen MR) is 100 cm³/mol. The number of hydrogen-bond donors (Lipinski definition) is 1. The van der Waals surface area contributed by atoms with Gasteiger partial charge in [-0.2, -0.15) is 18.3 Å². The van der Waals surface area contributed by atoms with Crippen LogP contribution in [0.15, 0.2) is 60.9 Å². The van der Waals surface area contributed by atoms with Gasteiger partial charge in [0.1, 0.15) is 0 Å². The maximum Gasteiger partial charge on any atom is 0.418 e. The number of nitrogens with one attached hydrogen (secondary N) is 1. The first-order valence-corrected chi connectivity index (χ1v) is 8.74. The van der Waals surface area contributed by atoms with Gasteiger partial charge in [-0.15, -0.1) is 0 Å². The SMILES string of the molecule is CCOc1ccccc1OCC(=O)Nc1ccc(-n2cccn2)cc1C(F)(F)F. The first kappa shape index (κ1) is 20.2. The number of aromatic nitrogens is 2. The van der Waals surface area contributed by atoms with E-state index in [4.69, 9.17) is 9.47 Å². The molecule has 1 N–H and O–H groups in total. The second-order valence-electron chi connectivity index (χ2n) is 5.89. The monoisotopic (exact) mass is 405 g/mol. The van der Waals surface area contributed by atoms with E-state index in [1.54, 1.807) is 37.3 Å². The Labute approximate surface area is 164 Å². The van der Waals surface area contributed by atoms with Crippen LogP contribution in [-0.4, -0.2) is 28.9 Å². The van der Waals surface area contributed by atoms with Crippen molar-refractivity contribution >= 4 is 11.6 Å². The number of benzene rings is 2. The molecule has 2 aromatic carbocycles. The summed E-state index contributed by atoms with van der Waals surface area (Å²) < 4.78 is 52.5. The first-order valence-electron chi connectivity index (χ1n) is 8.74. The van der Waals surface area contributed by atoms with E-state index in [-0.39, 0.29) is 11.4 Å². The van der Waals surface area contributed by atoms with Crippen LogP contribution in [0.3, 0.4) is 0 Å². The van der Waals surface area contributed by atoms with Crippen LogP contribution in [0.25, 0.3) is 5.69 Å². The molecular weight excluding hydrogens is 387 g/mol. The number of ether oxygens (including phenoxy) is 2. The summed E-state index contributed by atoms with van der Waals surface area (Å²) in [7, 11) is 0. The van der Waals surface area contributed by atoms with E-state index in [2.05, 4.69) is 10.4 Å². The van der Waals surface area contributed by atoms with Crippen molar-refractivity contribution in [1.29, 1.82) is 0 Å². The third-order valence-electron chi connectivity index (χ3n) is 3.86. The van der Waals surface area contributed by atoms with Gasteiger partial charge in [-0.3, -0.25) is 4.79 Å². The third-order valence-corrected chi connectivity index (χ3v) is 3.86. The lowest BCUT2D eigenvalue weighted by atomic mass is 10.1. The number of anilines is 1. The van der Waals surface area contributed by atoms with E-state index < -0.39 is 24.3 Å². The number of para-hydroxylation sites is 2. The molecule has 0 bridgehead atoms. The second-order valence-corrected chi connectivity index (χ2v) is 5.89. The minimum absolute atomic E-state index is 0.224. The zero-order chi connectivity index (χ0) is 20.9. The average molecular weight is 405 g/mol. The molecule has 0 fully saturated rings. The van der Waals surface area contributed by atoms with Crippen molar-refractivity contribution in [3.05, 3.63) is 66.5 Å². The number of rotatable bonds is 7. The quantitative estimate of drug-likeness (QED) is 0.636. The summed E-state index contributed by atoms with van der Waals surface area (Å²) in [6, 6.07) is 11.9. The Morgan fingerprint density at radius 1 is 1.10 bits per heavy atom. The normalized spacial score (nSPS) is 11.2. The molecule has 0 saturated heterocycles. The standard InChI is InChI=1S/C20H18F3N3O3/c1-2-28-17-6-3-4-7-18(17)29-13-19(27)25-16-9-8-14(26-11-5-10-24-26)12-15(16)20(21,22)23/h3-12H,2,13H2,1H3,(H,25,27). The van der Waals surface area contributed by atoms with E-state index in [0.717, 1.165) is 6.07 Å². The van der Waals surface area contributed by atoms with Gasteiger partial charge in [-0.1, -0.05) is 12.1 Å². The van der Waals surface area contributed by atoms with Gasteiger partial charge in [0.15, 0.2) is 18.1 Å². The van der Waals surface area contributed by atoms with E-state index >= 15 is 0 Å². The Kier molecular flexibility index (Phi) is 6.06. The molecule has 1 heterocycles. The zero-order valence-electron chi connectivity index (χ0n) is 15.4. The molecule has 0 aliphatic heterocycles. The largest absolute Gasteiger partial charge is 0.490 e. The summed E-state index contributed by atoms with van der Waals surface area (Å²) in [5.74, 6) is 0.0468. The lowest BCUT2D eigenvalue weighted by molar-refractivity contribution is -0.137. The highest BCUT2D eigenvalue weighted by Gasteiger charge is 2.34. The highest BCUT2D eigenvalue weighted by Crippen LogP contribution is 2.36. The fourth-order valence-corrected chi connectivity index (χ4v) is 2.61. The Hall–Kier alpha value is -3.49. The number of carbonyl (C=O) groups is 1. The van der Waals surface area contributed by atoms with Crippen molar-refractivity contribution in [3.63, 3.8) is 0 Å². The van der Waals surface area contributed by atoms with Crippen LogP contribution in [0.1, 0.15) is 12.5 Å². The summed E-state index contributed by atoms with van der Waals surface area (Å²) in [4.78, 5) is 12.2. The van der Waals surface area contributed by atoms with Crippen molar-refractivity contribution < 1.29 is 27.4 Å². The minimum Gasteiger partial charge on any atom is -0.490 e. The summed E-state index contributed by atoms with van der Waals surface area (Å²) >= 11 is 0. The molecule has 0 saturated carbocycles. The fourth-order valence-electron chi connectivity index (χ4n) is 2.61. The zero-order valence-corrected chi connectivity index (χ0v) is 15.4. The van der Waals surface area contributed by atoms with Crippen LogP contribution in [0, 0.1) is 0 Å². The van der Waals surface area contributed by atoms with Crippen molar-refractivity contribution in [2.24, 2.45) is 0 Å². The third kappa shape index (κ3) is 5.07. The van der Waals surface area contributed by atoms with Crippen LogP contribution in [0.5, 0.6) is 11.5 Å². The molecule has 0 spiro atoms. The van der Waals surface area contributed by atoms with E-state index in [1.165, 1.54) is 29.2 Å². The van der Waals surface area contributed by atoms with Gasteiger partial charge in [-0.25, -0.2) is 4.68 Å². The number of carbonyl (C=O) groups excluding carboxylic acids is 1. The lowest BCUT2D eigenvalue weighted by Crippen LogP contribution is -2.22. The van der Waals surface area contributed by atoms with Gasteiger partial charge >= 0.3 is 6.18 Å². The number of alkyl halides is 3. The lowest BCUT2D eigenvalue weighted by Gasteiger charge is -2.16. The van der Waals surface area contributed by atoms with Gasteiger partial charge in [0.25, 0.3) is 5.91 Å². The average Bonchev–Trinajstić information content (AvgIpc) is 3.22. The Bertz CT molecular complexity index is 973. The van der Waals surface area contributed by atoms with Crippen molar-refractivity contribution in [3.8, 4) is 17.2 Å². The van der Waals surface area contributed by atoms with Crippen LogP contribution in [0.4, 0.5) is 18.9 Å². The molecule has 1 aromatic heterocycles. The van der Waals surface area contributed by atoms with Crippen LogP contribution >= 0.6 is 0 Å². The fraction of sp³-hybridized carbons (Fsp3) is 0.200. The molecule has 152 valence electrons. The van der Waals surface area contributed by atoms with Gasteiger partial charge in [-0.05, 0) is 43.3 Å². The topological polar surface area (TPSA) is 65.4 Å². The van der Waals surface area contributed by atoms with E-state index in [1.807, 2.05) is 0 Å². The Morgan fingerprint density at radius 2 is 1.83 bits per heavy atom. The summed E-state index contributed by atoms with van der Waals surface area (Å²) in [5, 5.41) is 6.17. The molecule has 0 unspecified atom stereocenters. The minimum atomic E-state index is -4.66. The van der Waals surface area contributed by atoms with Gasteiger partial charge in [0.05, 0.1) is 23.5 Å². The highest BCUT2D eigenvalue weighted by molar-refractivity contribution is 5.93. The Morgan fingerprint density at radius 3 is 2.45 bits per heavy atom. The van der Waals surface area contributed by atoms with Crippen LogP contribution in [0.2, 0.25) is 0 Å². The number of nitrogens with zero attached hydrogens (tertiary/aromatic N) is 2. The molecule has 9 heteroatoms. The number of amides is 1. The number of hydrogen-bond acceptors (Lipinski definition) is 4. The molecule has 0 atom stereocenters. The summed E-state index contributed by atoms with van der Waals surface area (Å²) in [6.07, 6.45) is -1.67. The molecular formula is C20H18F3N3O3. The summed E-state index contributed by atoms with van der Waals surface area (Å²) in [5.41, 5.74) is -1.11. The van der Waals surface area contributed by atoms with E-state index in [9.17, 15) is 18.0 Å². The van der Waals surface area contributed by atoms with Gasteiger partial charge in [0.2, 0.25) is 0 Å². The van der Waals surface area contributed by atoms with Crippen molar-refractivity contribution in [1.82, 2.24) is 9.78 Å².